The number of hydrogen-bond acceptors (Lipinski definition) is 3. The Labute approximate surface area is 96.8 Å². The van der Waals surface area contributed by atoms with Crippen LogP contribution in [0.25, 0.3) is 0 Å². The first kappa shape index (κ1) is 13.0. The number of carbonyl (C=O) groups is 2. The Morgan fingerprint density at radius 2 is 1.81 bits per heavy atom. The van der Waals surface area contributed by atoms with E-state index in [-0.39, 0.29) is 18.4 Å². The fourth-order valence-electron chi connectivity index (χ4n) is 1.66. The average molecular weight is 227 g/mol. The normalized spacial score (nSPS) is 17.2. The Balaban J connectivity index is 2.22. The zero-order chi connectivity index (χ0) is 12.0. The molecule has 0 aromatic carbocycles. The summed E-state index contributed by atoms with van der Waals surface area (Å²) in [7, 11) is 2.05. The van der Waals surface area contributed by atoms with Crippen LogP contribution in [0.4, 0.5) is 0 Å². The molecule has 0 radical (unpaired) electrons. The van der Waals surface area contributed by atoms with Gasteiger partial charge in [-0.1, -0.05) is 6.92 Å². The van der Waals surface area contributed by atoms with Gasteiger partial charge in [-0.3, -0.25) is 9.59 Å². The summed E-state index contributed by atoms with van der Waals surface area (Å²) >= 11 is 0. The lowest BCUT2D eigenvalue weighted by atomic mass is 10.3. The second-order valence-corrected chi connectivity index (χ2v) is 4.21. The third-order valence-electron chi connectivity index (χ3n) is 2.77. The number of amides is 2. The number of nitrogens with one attached hydrogen (secondary N) is 1. The quantitative estimate of drug-likeness (QED) is 0.716. The van der Waals surface area contributed by atoms with E-state index in [1.54, 1.807) is 0 Å². The Morgan fingerprint density at radius 1 is 1.19 bits per heavy atom. The van der Waals surface area contributed by atoms with Crippen molar-refractivity contribution in [2.45, 2.75) is 19.8 Å². The lowest BCUT2D eigenvalue weighted by molar-refractivity contribution is -0.134. The number of rotatable bonds is 4. The van der Waals surface area contributed by atoms with E-state index >= 15 is 0 Å². The summed E-state index contributed by atoms with van der Waals surface area (Å²) in [6, 6.07) is 0. The summed E-state index contributed by atoms with van der Waals surface area (Å²) in [5.74, 6) is -0.0115. The maximum absolute atomic E-state index is 11.7. The number of likely N-dealkylation sites (N-methyl/N-ethyl adjacent to an activating group) is 1. The molecule has 1 heterocycles. The molecule has 1 aliphatic rings. The van der Waals surface area contributed by atoms with Crippen molar-refractivity contribution in [3.8, 4) is 0 Å². The summed E-state index contributed by atoms with van der Waals surface area (Å²) in [6.45, 7) is 5.44. The average Bonchev–Trinajstić information content (AvgIpc) is 2.27. The van der Waals surface area contributed by atoms with Gasteiger partial charge >= 0.3 is 0 Å². The van der Waals surface area contributed by atoms with Crippen molar-refractivity contribution in [3.63, 3.8) is 0 Å². The van der Waals surface area contributed by atoms with Gasteiger partial charge in [0.25, 0.3) is 0 Å². The van der Waals surface area contributed by atoms with Crippen LogP contribution in [0.3, 0.4) is 0 Å². The minimum absolute atomic E-state index is 0.0255. The van der Waals surface area contributed by atoms with E-state index in [0.717, 1.165) is 32.6 Å². The van der Waals surface area contributed by atoms with E-state index < -0.39 is 0 Å². The van der Waals surface area contributed by atoms with Gasteiger partial charge < -0.3 is 15.1 Å². The highest BCUT2D eigenvalue weighted by molar-refractivity contribution is 5.84. The van der Waals surface area contributed by atoms with Gasteiger partial charge in [0.15, 0.2) is 0 Å². The van der Waals surface area contributed by atoms with Crippen molar-refractivity contribution in [3.05, 3.63) is 0 Å². The van der Waals surface area contributed by atoms with Crippen molar-refractivity contribution >= 4 is 11.8 Å². The van der Waals surface area contributed by atoms with Crippen molar-refractivity contribution in [1.29, 1.82) is 0 Å². The van der Waals surface area contributed by atoms with Gasteiger partial charge in [0, 0.05) is 32.6 Å². The van der Waals surface area contributed by atoms with Gasteiger partial charge in [0.2, 0.25) is 11.8 Å². The van der Waals surface area contributed by atoms with Gasteiger partial charge in [0.1, 0.15) is 0 Å². The summed E-state index contributed by atoms with van der Waals surface area (Å²) in [6.07, 6.45) is 1.31. The molecule has 1 aliphatic heterocycles. The molecule has 1 saturated heterocycles. The molecule has 5 nitrogen and oxygen atoms in total. The van der Waals surface area contributed by atoms with Crippen LogP contribution in [-0.2, 0) is 9.59 Å². The summed E-state index contributed by atoms with van der Waals surface area (Å²) in [4.78, 5) is 26.9. The number of nitrogens with zero attached hydrogens (tertiary/aromatic N) is 2. The number of piperazine rings is 1. The Hall–Kier alpha value is -1.10. The fraction of sp³-hybridized carbons (Fsp3) is 0.818. The molecule has 1 rings (SSSR count). The molecular weight excluding hydrogens is 206 g/mol. The highest BCUT2D eigenvalue weighted by Crippen LogP contribution is 1.99. The molecule has 0 aromatic rings. The van der Waals surface area contributed by atoms with E-state index in [1.807, 2.05) is 18.9 Å². The summed E-state index contributed by atoms with van der Waals surface area (Å²) in [5.41, 5.74) is 0. The summed E-state index contributed by atoms with van der Waals surface area (Å²) in [5, 5.41) is 2.65. The molecule has 0 bridgehead atoms. The molecule has 0 unspecified atom stereocenters. The Kier molecular flexibility index (Phi) is 5.25. The van der Waals surface area contributed by atoms with E-state index in [4.69, 9.17) is 0 Å². The van der Waals surface area contributed by atoms with Gasteiger partial charge in [-0.05, 0) is 13.5 Å². The molecule has 92 valence electrons. The number of hydrogen-bond donors (Lipinski definition) is 1. The van der Waals surface area contributed by atoms with Gasteiger partial charge in [-0.15, -0.1) is 0 Å². The van der Waals surface area contributed by atoms with Crippen LogP contribution < -0.4 is 5.32 Å². The zero-order valence-electron chi connectivity index (χ0n) is 10.2. The third kappa shape index (κ3) is 4.18. The largest absolute Gasteiger partial charge is 0.347 e. The molecule has 0 spiro atoms. The minimum atomic E-state index is -0.0371. The first-order valence-electron chi connectivity index (χ1n) is 5.86. The first-order chi connectivity index (χ1) is 7.63. The lowest BCUT2D eigenvalue weighted by Crippen LogP contribution is -2.50. The zero-order valence-corrected chi connectivity index (χ0v) is 10.2. The molecule has 0 aromatic heterocycles. The van der Waals surface area contributed by atoms with Crippen LogP contribution >= 0.6 is 0 Å². The molecule has 2 amide bonds. The molecule has 5 heteroatoms. The lowest BCUT2D eigenvalue weighted by Gasteiger charge is -2.32. The third-order valence-corrected chi connectivity index (χ3v) is 2.77. The highest BCUT2D eigenvalue weighted by Gasteiger charge is 2.18. The highest BCUT2D eigenvalue weighted by atomic mass is 16.2. The second kappa shape index (κ2) is 6.48. The monoisotopic (exact) mass is 227 g/mol. The van der Waals surface area contributed by atoms with Gasteiger partial charge in [-0.2, -0.15) is 0 Å². The van der Waals surface area contributed by atoms with Gasteiger partial charge in [0.05, 0.1) is 6.54 Å². The molecule has 0 aliphatic carbocycles. The maximum Gasteiger partial charge on any atom is 0.242 e. The van der Waals surface area contributed by atoms with Crippen molar-refractivity contribution < 1.29 is 9.59 Å². The molecule has 0 saturated carbocycles. The van der Waals surface area contributed by atoms with E-state index in [2.05, 4.69) is 10.2 Å². The number of carbonyl (C=O) groups excluding carboxylic acids is 2. The SMILES string of the molecule is CCCC(=O)NCC(=O)N1CCN(C)CC1. The first-order valence-corrected chi connectivity index (χ1v) is 5.86. The Bertz CT molecular complexity index is 248. The van der Waals surface area contributed by atoms with Crippen LogP contribution in [0, 0.1) is 0 Å². The minimum Gasteiger partial charge on any atom is -0.347 e. The van der Waals surface area contributed by atoms with Crippen molar-refractivity contribution in [2.75, 3.05) is 39.8 Å². The van der Waals surface area contributed by atoms with E-state index in [0.29, 0.717) is 6.42 Å². The van der Waals surface area contributed by atoms with Gasteiger partial charge in [-0.25, -0.2) is 0 Å². The Morgan fingerprint density at radius 3 is 2.38 bits per heavy atom. The summed E-state index contributed by atoms with van der Waals surface area (Å²) < 4.78 is 0. The van der Waals surface area contributed by atoms with Crippen molar-refractivity contribution in [1.82, 2.24) is 15.1 Å². The fourth-order valence-corrected chi connectivity index (χ4v) is 1.66. The maximum atomic E-state index is 11.7. The van der Waals surface area contributed by atoms with Crippen LogP contribution in [-0.4, -0.2) is 61.4 Å². The predicted octanol–water partition coefficient (Wildman–Crippen LogP) is -0.323. The predicted molar refractivity (Wildman–Crippen MR) is 62.0 cm³/mol. The van der Waals surface area contributed by atoms with Crippen molar-refractivity contribution in [2.24, 2.45) is 0 Å². The van der Waals surface area contributed by atoms with Crippen LogP contribution in [0.15, 0.2) is 0 Å². The molecule has 0 atom stereocenters. The topological polar surface area (TPSA) is 52.7 Å². The smallest absolute Gasteiger partial charge is 0.242 e. The van der Waals surface area contributed by atoms with Crippen LogP contribution in [0.1, 0.15) is 19.8 Å². The van der Waals surface area contributed by atoms with Crippen LogP contribution in [0.2, 0.25) is 0 Å². The van der Waals surface area contributed by atoms with E-state index in [1.165, 1.54) is 0 Å². The van der Waals surface area contributed by atoms with Crippen LogP contribution in [0.5, 0.6) is 0 Å². The molecule has 1 N–H and O–H groups in total. The second-order valence-electron chi connectivity index (χ2n) is 4.21. The standard InChI is InChI=1S/C11H21N3O2/c1-3-4-10(15)12-9-11(16)14-7-5-13(2)6-8-14/h3-9H2,1-2H3,(H,12,15). The molecular formula is C11H21N3O2. The van der Waals surface area contributed by atoms with E-state index in [9.17, 15) is 9.59 Å². The molecule has 1 fully saturated rings. The molecule has 16 heavy (non-hydrogen) atoms.